The van der Waals surface area contributed by atoms with Gasteiger partial charge in [0.25, 0.3) is 0 Å². The molecule has 0 bridgehead atoms. The number of unbranched alkanes of at least 4 members (excludes halogenated alkanes) is 1. The van der Waals surface area contributed by atoms with Gasteiger partial charge < -0.3 is 11.5 Å². The van der Waals surface area contributed by atoms with Gasteiger partial charge in [-0.3, -0.25) is 4.79 Å². The van der Waals surface area contributed by atoms with E-state index >= 15 is 0 Å². The molecule has 0 aromatic heterocycles. The molecule has 3 nitrogen and oxygen atoms in total. The number of benzene rings is 1. The van der Waals surface area contributed by atoms with E-state index in [1.165, 1.54) is 18.4 Å². The van der Waals surface area contributed by atoms with Crippen LogP contribution < -0.4 is 11.5 Å². The van der Waals surface area contributed by atoms with Gasteiger partial charge >= 0.3 is 0 Å². The molecule has 0 saturated heterocycles. The van der Waals surface area contributed by atoms with E-state index in [0.29, 0.717) is 6.42 Å². The molecule has 0 aliphatic rings. The summed E-state index contributed by atoms with van der Waals surface area (Å²) in [6.07, 6.45) is 4.04. The van der Waals surface area contributed by atoms with Gasteiger partial charge in [0.15, 0.2) is 0 Å². The first-order chi connectivity index (χ1) is 7.63. The van der Waals surface area contributed by atoms with Crippen molar-refractivity contribution in [2.45, 2.75) is 38.6 Å². The largest absolute Gasteiger partial charge is 0.368 e. The molecule has 1 atom stereocenters. The van der Waals surface area contributed by atoms with E-state index in [2.05, 4.69) is 19.1 Å². The number of hydrogen-bond acceptors (Lipinski definition) is 2. The Kier molecular flexibility index (Phi) is 4.99. The second-order valence-electron chi connectivity index (χ2n) is 4.13. The van der Waals surface area contributed by atoms with Crippen LogP contribution in [0, 0.1) is 0 Å². The molecule has 16 heavy (non-hydrogen) atoms. The van der Waals surface area contributed by atoms with E-state index in [1.54, 1.807) is 0 Å². The number of hydrogen-bond donors (Lipinski definition) is 2. The highest BCUT2D eigenvalue weighted by Gasteiger charge is 2.09. The van der Waals surface area contributed by atoms with Crippen molar-refractivity contribution in [2.75, 3.05) is 0 Å². The van der Waals surface area contributed by atoms with Gasteiger partial charge in [-0.2, -0.15) is 0 Å². The topological polar surface area (TPSA) is 69.1 Å². The standard InChI is InChI=1S/C13H20N2O/c1-2-3-4-10-5-7-11(8-6-10)9-12(14)13(15)16/h5-8,12H,2-4,9,14H2,1H3,(H2,15,16). The second kappa shape index (κ2) is 6.28. The van der Waals surface area contributed by atoms with Gasteiger partial charge in [0.2, 0.25) is 5.91 Å². The highest BCUT2D eigenvalue weighted by molar-refractivity contribution is 5.79. The van der Waals surface area contributed by atoms with Gasteiger partial charge in [0, 0.05) is 0 Å². The first-order valence-corrected chi connectivity index (χ1v) is 5.76. The zero-order valence-electron chi connectivity index (χ0n) is 9.78. The maximum absolute atomic E-state index is 10.8. The third-order valence-corrected chi connectivity index (χ3v) is 2.66. The van der Waals surface area contributed by atoms with Gasteiger partial charge in [-0.25, -0.2) is 0 Å². The summed E-state index contributed by atoms with van der Waals surface area (Å²) in [7, 11) is 0. The highest BCUT2D eigenvalue weighted by atomic mass is 16.1. The minimum atomic E-state index is -0.582. The summed E-state index contributed by atoms with van der Waals surface area (Å²) in [5.41, 5.74) is 13.1. The van der Waals surface area contributed by atoms with Crippen LogP contribution in [0.25, 0.3) is 0 Å². The molecule has 1 unspecified atom stereocenters. The summed E-state index contributed by atoms with van der Waals surface area (Å²) >= 11 is 0. The van der Waals surface area contributed by atoms with Crippen molar-refractivity contribution in [1.29, 1.82) is 0 Å². The van der Waals surface area contributed by atoms with Crippen LogP contribution in [0.3, 0.4) is 0 Å². The van der Waals surface area contributed by atoms with Crippen LogP contribution in [-0.4, -0.2) is 11.9 Å². The van der Waals surface area contributed by atoms with Crippen molar-refractivity contribution in [1.82, 2.24) is 0 Å². The lowest BCUT2D eigenvalue weighted by Crippen LogP contribution is -2.38. The first kappa shape index (κ1) is 12.7. The van der Waals surface area contributed by atoms with Crippen molar-refractivity contribution in [3.8, 4) is 0 Å². The second-order valence-corrected chi connectivity index (χ2v) is 4.13. The van der Waals surface area contributed by atoms with Crippen LogP contribution in [-0.2, 0) is 17.6 Å². The summed E-state index contributed by atoms with van der Waals surface area (Å²) in [4.78, 5) is 10.8. The van der Waals surface area contributed by atoms with Gasteiger partial charge in [0.05, 0.1) is 6.04 Å². The van der Waals surface area contributed by atoms with Crippen LogP contribution in [0.5, 0.6) is 0 Å². The Balaban J connectivity index is 2.54. The molecule has 0 aliphatic carbocycles. The van der Waals surface area contributed by atoms with Crippen LogP contribution in [0.2, 0.25) is 0 Å². The lowest BCUT2D eigenvalue weighted by Gasteiger charge is -2.08. The monoisotopic (exact) mass is 220 g/mol. The Morgan fingerprint density at radius 1 is 1.25 bits per heavy atom. The molecular formula is C13H20N2O. The maximum atomic E-state index is 10.8. The molecule has 1 aromatic rings. The highest BCUT2D eigenvalue weighted by Crippen LogP contribution is 2.09. The number of primary amides is 1. The molecule has 0 radical (unpaired) electrons. The predicted molar refractivity (Wildman–Crippen MR) is 65.9 cm³/mol. The predicted octanol–water partition coefficient (Wildman–Crippen LogP) is 1.38. The fraction of sp³-hybridized carbons (Fsp3) is 0.462. The van der Waals surface area contributed by atoms with E-state index < -0.39 is 11.9 Å². The molecule has 0 saturated carbocycles. The van der Waals surface area contributed by atoms with Crippen molar-refractivity contribution in [3.05, 3.63) is 35.4 Å². The third-order valence-electron chi connectivity index (χ3n) is 2.66. The molecule has 1 amide bonds. The zero-order chi connectivity index (χ0) is 12.0. The van der Waals surface area contributed by atoms with Crippen molar-refractivity contribution < 1.29 is 4.79 Å². The average molecular weight is 220 g/mol. The van der Waals surface area contributed by atoms with Gasteiger partial charge in [0.1, 0.15) is 0 Å². The number of rotatable bonds is 6. The number of aryl methyl sites for hydroxylation is 1. The smallest absolute Gasteiger partial charge is 0.234 e. The van der Waals surface area contributed by atoms with Crippen LogP contribution in [0.1, 0.15) is 30.9 Å². The van der Waals surface area contributed by atoms with Gasteiger partial charge in [-0.05, 0) is 30.4 Å². The number of carbonyl (C=O) groups is 1. The summed E-state index contributed by atoms with van der Waals surface area (Å²) < 4.78 is 0. The summed E-state index contributed by atoms with van der Waals surface area (Å²) in [5, 5.41) is 0. The normalized spacial score (nSPS) is 12.4. The molecule has 0 fully saturated rings. The SMILES string of the molecule is CCCCc1ccc(CC(N)C(N)=O)cc1. The fourth-order valence-electron chi connectivity index (χ4n) is 1.58. The van der Waals surface area contributed by atoms with Gasteiger partial charge in [-0.1, -0.05) is 37.6 Å². The summed E-state index contributed by atoms with van der Waals surface area (Å²) in [6.45, 7) is 2.18. The lowest BCUT2D eigenvalue weighted by molar-refractivity contribution is -0.119. The van der Waals surface area contributed by atoms with Crippen molar-refractivity contribution >= 4 is 5.91 Å². The van der Waals surface area contributed by atoms with Crippen LogP contribution >= 0.6 is 0 Å². The minimum absolute atomic E-state index is 0.449. The van der Waals surface area contributed by atoms with Gasteiger partial charge in [-0.15, -0.1) is 0 Å². The molecule has 0 spiro atoms. The minimum Gasteiger partial charge on any atom is -0.368 e. The third kappa shape index (κ3) is 4.03. The van der Waals surface area contributed by atoms with E-state index in [1.807, 2.05) is 12.1 Å². The number of nitrogens with two attached hydrogens (primary N) is 2. The fourth-order valence-corrected chi connectivity index (χ4v) is 1.58. The Bertz CT molecular complexity index is 332. The van der Waals surface area contributed by atoms with Crippen molar-refractivity contribution in [2.24, 2.45) is 11.5 Å². The lowest BCUT2D eigenvalue weighted by atomic mass is 10.0. The van der Waals surface area contributed by atoms with Crippen LogP contribution in [0.15, 0.2) is 24.3 Å². The van der Waals surface area contributed by atoms with E-state index in [9.17, 15) is 4.79 Å². The zero-order valence-corrected chi connectivity index (χ0v) is 9.78. The molecular weight excluding hydrogens is 200 g/mol. The Labute approximate surface area is 96.8 Å². The molecule has 0 heterocycles. The number of carbonyl (C=O) groups excluding carboxylic acids is 1. The molecule has 1 rings (SSSR count). The molecule has 1 aromatic carbocycles. The molecule has 88 valence electrons. The summed E-state index contributed by atoms with van der Waals surface area (Å²) in [5.74, 6) is -0.449. The van der Waals surface area contributed by atoms with Crippen molar-refractivity contribution in [3.63, 3.8) is 0 Å². The molecule has 3 heteroatoms. The molecule has 0 aliphatic heterocycles. The Morgan fingerprint density at radius 2 is 1.81 bits per heavy atom. The maximum Gasteiger partial charge on any atom is 0.234 e. The molecule has 4 N–H and O–H groups in total. The van der Waals surface area contributed by atoms with E-state index in [-0.39, 0.29) is 0 Å². The Hall–Kier alpha value is -1.35. The van der Waals surface area contributed by atoms with E-state index in [4.69, 9.17) is 11.5 Å². The Morgan fingerprint density at radius 3 is 2.31 bits per heavy atom. The quantitative estimate of drug-likeness (QED) is 0.760. The summed E-state index contributed by atoms with van der Waals surface area (Å²) in [6, 6.07) is 7.65. The number of amides is 1. The van der Waals surface area contributed by atoms with Crippen LogP contribution in [0.4, 0.5) is 0 Å². The first-order valence-electron chi connectivity index (χ1n) is 5.76. The average Bonchev–Trinajstić information content (AvgIpc) is 2.28. The van der Waals surface area contributed by atoms with E-state index in [0.717, 1.165) is 12.0 Å².